The molecule has 0 fully saturated rings. The third kappa shape index (κ3) is 11.5. The Hall–Kier alpha value is -4.09. The van der Waals surface area contributed by atoms with Crippen molar-refractivity contribution < 1.29 is 62.7 Å². The second-order valence-corrected chi connectivity index (χ2v) is 11.6. The average Bonchev–Trinajstić information content (AvgIpc) is 3.58. The van der Waals surface area contributed by atoms with E-state index in [1.807, 2.05) is 84.9 Å². The van der Waals surface area contributed by atoms with Gasteiger partial charge >= 0.3 is 20.2 Å². The standard InChI is InChI=1S/C16H15BO5.C16H17BO4.CH4O4S/c18-16(19)9-8-15-13-7-6-12(10-14(13)17(20)22-15)21-11-4-2-1-3-5-11;18-10-4-7-16-14-9-8-13(11-15(14)17(19)21-16)20-12-5-2-1-3-6-12;1-6(3)5-4-2/h1-7,10,15,20H,8-9H2,(H,18,19);1-3,5-6,8-9,11,16,18-19H,4,7,10H2;2H,1H3. The Kier molecular flexibility index (Phi) is 14.8. The van der Waals surface area contributed by atoms with Crippen molar-refractivity contribution in [2.24, 2.45) is 0 Å². The second kappa shape index (κ2) is 19.2. The number of aliphatic hydroxyl groups excluding tert-OH is 1. The van der Waals surface area contributed by atoms with E-state index >= 15 is 0 Å². The van der Waals surface area contributed by atoms with Gasteiger partial charge in [-0.25, -0.2) is 9.47 Å². The van der Waals surface area contributed by atoms with Crippen molar-refractivity contribution in [3.8, 4) is 23.0 Å². The molecule has 0 aromatic heterocycles. The third-order valence-electron chi connectivity index (χ3n) is 7.26. The van der Waals surface area contributed by atoms with E-state index in [2.05, 4.69) is 9.37 Å². The highest BCUT2D eigenvalue weighted by atomic mass is 32.2. The number of hydrogen-bond donors (Lipinski definition) is 5. The van der Waals surface area contributed by atoms with Crippen LogP contribution in [-0.2, 0) is 34.6 Å². The zero-order valence-corrected chi connectivity index (χ0v) is 27.3. The van der Waals surface area contributed by atoms with Crippen molar-refractivity contribution in [1.29, 1.82) is 0 Å². The quantitative estimate of drug-likeness (QED) is 0.0819. The average molecular weight is 694 g/mol. The maximum absolute atomic E-state index is 10.7. The SMILES string of the molecule is CS(=O)OOO.O=C(O)CCC1OB(O)c2cc(Oc3ccccc3)ccc21.OCCCC1OB(O)c2cc(Oc3ccccc3)ccc21. The lowest BCUT2D eigenvalue weighted by molar-refractivity contribution is -0.434. The molecule has 49 heavy (non-hydrogen) atoms. The summed E-state index contributed by atoms with van der Waals surface area (Å²) in [7, 11) is -1.98. The molecule has 2 aliphatic heterocycles. The molecule has 2 aliphatic rings. The fourth-order valence-corrected chi connectivity index (χ4v) is 5.21. The highest BCUT2D eigenvalue weighted by Crippen LogP contribution is 2.32. The molecule has 0 saturated heterocycles. The molecule has 6 rings (SSSR count). The molecular weight excluding hydrogens is 658 g/mol. The van der Waals surface area contributed by atoms with Crippen LogP contribution in [0.4, 0.5) is 0 Å². The molecule has 0 bridgehead atoms. The van der Waals surface area contributed by atoms with Gasteiger partial charge in [0.25, 0.3) is 0 Å². The number of hydrogen-bond acceptors (Lipinski definition) is 12. The number of para-hydroxylation sites is 2. The van der Waals surface area contributed by atoms with Gasteiger partial charge < -0.3 is 39.0 Å². The van der Waals surface area contributed by atoms with Crippen LogP contribution in [0.3, 0.4) is 0 Å². The lowest BCUT2D eigenvalue weighted by atomic mass is 9.79. The number of aliphatic hydroxyl groups is 1. The molecule has 3 atom stereocenters. The van der Waals surface area contributed by atoms with Crippen LogP contribution < -0.4 is 20.4 Å². The van der Waals surface area contributed by atoms with Crippen molar-refractivity contribution >= 4 is 42.2 Å². The zero-order chi connectivity index (χ0) is 35.2. The van der Waals surface area contributed by atoms with Gasteiger partial charge in [0.2, 0.25) is 0 Å². The summed E-state index contributed by atoms with van der Waals surface area (Å²) >= 11 is -1.54. The van der Waals surface area contributed by atoms with Crippen LogP contribution in [0.2, 0.25) is 0 Å². The van der Waals surface area contributed by atoms with Crippen molar-refractivity contribution in [3.05, 3.63) is 108 Å². The Morgan fingerprint density at radius 2 is 1.22 bits per heavy atom. The summed E-state index contributed by atoms with van der Waals surface area (Å²) in [6.07, 6.45) is 2.34. The number of carboxylic acid groups (broad SMARTS) is 1. The van der Waals surface area contributed by atoms with Gasteiger partial charge in [0, 0.05) is 19.3 Å². The Morgan fingerprint density at radius 3 is 1.61 bits per heavy atom. The van der Waals surface area contributed by atoms with Crippen molar-refractivity contribution in [2.75, 3.05) is 12.9 Å². The summed E-state index contributed by atoms with van der Waals surface area (Å²) in [5.41, 5.74) is 3.15. The Bertz CT molecular complexity index is 1650. The molecule has 0 radical (unpaired) electrons. The Morgan fingerprint density at radius 1 is 0.755 bits per heavy atom. The van der Waals surface area contributed by atoms with E-state index in [0.29, 0.717) is 42.0 Å². The minimum absolute atomic E-state index is 0.000899. The van der Waals surface area contributed by atoms with Gasteiger partial charge in [0.05, 0.1) is 12.2 Å². The van der Waals surface area contributed by atoms with Gasteiger partial charge in [-0.2, -0.15) is 0 Å². The fourth-order valence-electron chi connectivity index (χ4n) is 5.12. The van der Waals surface area contributed by atoms with Crippen molar-refractivity contribution in [1.82, 2.24) is 0 Å². The first kappa shape index (κ1) is 37.7. The number of ether oxygens (including phenoxy) is 2. The minimum Gasteiger partial charge on any atom is -0.481 e. The molecule has 0 aliphatic carbocycles. The van der Waals surface area contributed by atoms with Crippen LogP contribution in [0.25, 0.3) is 0 Å². The van der Waals surface area contributed by atoms with E-state index in [4.69, 9.17) is 34.3 Å². The fraction of sp³-hybridized carbons (Fsp3) is 0.242. The molecule has 2 heterocycles. The highest BCUT2D eigenvalue weighted by molar-refractivity contribution is 7.79. The second-order valence-electron chi connectivity index (χ2n) is 10.7. The maximum Gasteiger partial charge on any atom is 0.492 e. The van der Waals surface area contributed by atoms with Crippen LogP contribution in [0.15, 0.2) is 97.1 Å². The van der Waals surface area contributed by atoms with E-state index in [0.717, 1.165) is 22.3 Å². The monoisotopic (exact) mass is 694 g/mol. The van der Waals surface area contributed by atoms with E-state index in [1.54, 1.807) is 12.1 Å². The number of rotatable bonds is 12. The number of fused-ring (bicyclic) bond motifs is 2. The lowest BCUT2D eigenvalue weighted by Crippen LogP contribution is -2.27. The molecule has 0 spiro atoms. The third-order valence-corrected chi connectivity index (χ3v) is 7.51. The molecule has 258 valence electrons. The van der Waals surface area contributed by atoms with Gasteiger partial charge in [0.1, 0.15) is 23.0 Å². The zero-order valence-electron chi connectivity index (χ0n) is 26.5. The van der Waals surface area contributed by atoms with Gasteiger partial charge in [-0.3, -0.25) is 4.79 Å². The molecule has 4 aromatic rings. The highest BCUT2D eigenvalue weighted by Gasteiger charge is 2.36. The van der Waals surface area contributed by atoms with Gasteiger partial charge in [-0.15, -0.1) is 4.33 Å². The number of aliphatic carboxylic acids is 1. The van der Waals surface area contributed by atoms with Crippen molar-refractivity contribution in [3.63, 3.8) is 0 Å². The topological polar surface area (TPSA) is 191 Å². The largest absolute Gasteiger partial charge is 0.492 e. The summed E-state index contributed by atoms with van der Waals surface area (Å²) in [6, 6.07) is 29.8. The number of benzene rings is 4. The van der Waals surface area contributed by atoms with Crippen LogP contribution in [0.1, 0.15) is 49.0 Å². The first-order valence-electron chi connectivity index (χ1n) is 15.2. The summed E-state index contributed by atoms with van der Waals surface area (Å²) in [4.78, 5) is 10.7. The van der Waals surface area contributed by atoms with Crippen LogP contribution in [0, 0.1) is 0 Å². The maximum atomic E-state index is 10.7. The molecule has 0 saturated carbocycles. The van der Waals surface area contributed by atoms with Gasteiger partial charge in [-0.05, 0) is 89.8 Å². The predicted octanol–water partition coefficient (Wildman–Crippen LogP) is 3.81. The molecule has 5 N–H and O–H groups in total. The van der Waals surface area contributed by atoms with E-state index in [9.17, 15) is 19.1 Å². The van der Waals surface area contributed by atoms with Crippen LogP contribution in [-0.4, -0.2) is 62.8 Å². The van der Waals surface area contributed by atoms with E-state index in [1.165, 1.54) is 6.26 Å². The van der Waals surface area contributed by atoms with Crippen LogP contribution in [0.5, 0.6) is 23.0 Å². The van der Waals surface area contributed by atoms with Gasteiger partial charge in [0.15, 0.2) is 11.1 Å². The molecule has 3 unspecified atom stereocenters. The van der Waals surface area contributed by atoms with E-state index < -0.39 is 37.4 Å². The summed E-state index contributed by atoms with van der Waals surface area (Å²) in [5.74, 6) is 1.86. The smallest absolute Gasteiger partial charge is 0.481 e. The molecule has 13 nitrogen and oxygen atoms in total. The first-order valence-corrected chi connectivity index (χ1v) is 16.7. The summed E-state index contributed by atoms with van der Waals surface area (Å²) < 4.78 is 35.7. The predicted molar refractivity (Wildman–Crippen MR) is 181 cm³/mol. The lowest BCUT2D eigenvalue weighted by Gasteiger charge is -2.11. The molecule has 4 aromatic carbocycles. The summed E-state index contributed by atoms with van der Waals surface area (Å²) in [5, 5.41) is 48.0. The summed E-state index contributed by atoms with van der Waals surface area (Å²) in [6.45, 7) is 0.125. The number of carbonyl (C=O) groups is 1. The van der Waals surface area contributed by atoms with Crippen molar-refractivity contribution in [2.45, 2.75) is 37.9 Å². The first-order chi connectivity index (χ1) is 23.7. The Balaban J connectivity index is 0.000000190. The van der Waals surface area contributed by atoms with Crippen LogP contribution >= 0.6 is 0 Å². The minimum atomic E-state index is -1.54. The number of carboxylic acids is 1. The van der Waals surface area contributed by atoms with E-state index in [-0.39, 0.29) is 19.1 Å². The molecule has 0 amide bonds. The van der Waals surface area contributed by atoms with Gasteiger partial charge in [-0.1, -0.05) is 53.6 Å². The molecule has 16 heteroatoms. The Labute approximate surface area is 286 Å². The molecular formula is C33H36B2O13S. The normalized spacial score (nSPS) is 16.3.